The van der Waals surface area contributed by atoms with Gasteiger partial charge in [-0.1, -0.05) is 6.07 Å². The van der Waals surface area contributed by atoms with Crippen molar-refractivity contribution in [2.24, 2.45) is 5.73 Å². The number of primary amides is 1. The van der Waals surface area contributed by atoms with Gasteiger partial charge in [0.15, 0.2) is 0 Å². The van der Waals surface area contributed by atoms with Crippen LogP contribution < -0.4 is 10.5 Å². The zero-order valence-corrected chi connectivity index (χ0v) is 11.4. The Balaban J connectivity index is 2.01. The molecule has 21 heavy (non-hydrogen) atoms. The summed E-state index contributed by atoms with van der Waals surface area (Å²) in [7, 11) is 1.31. The van der Waals surface area contributed by atoms with Gasteiger partial charge in [0.2, 0.25) is 5.91 Å². The standard InChI is InChI=1S/C15H14N2O4/c1-20-15(19)11-5-6-12(17-8-11)9-21-13-4-2-3-10(7-13)14(16)18/h2-8H,9H2,1H3,(H2,16,18). The number of nitrogens with two attached hydrogens (primary N) is 1. The Labute approximate surface area is 121 Å². The first-order valence-electron chi connectivity index (χ1n) is 6.16. The van der Waals surface area contributed by atoms with E-state index in [1.807, 2.05) is 0 Å². The van der Waals surface area contributed by atoms with Gasteiger partial charge < -0.3 is 15.2 Å². The van der Waals surface area contributed by atoms with E-state index in [0.29, 0.717) is 22.6 Å². The molecule has 0 bridgehead atoms. The molecule has 0 fully saturated rings. The molecule has 108 valence electrons. The van der Waals surface area contributed by atoms with Gasteiger partial charge in [-0.15, -0.1) is 0 Å². The molecular weight excluding hydrogens is 272 g/mol. The number of methoxy groups -OCH3 is 1. The van der Waals surface area contributed by atoms with Gasteiger partial charge in [-0.2, -0.15) is 0 Å². The molecule has 0 spiro atoms. The van der Waals surface area contributed by atoms with Crippen molar-refractivity contribution in [3.63, 3.8) is 0 Å². The molecule has 6 nitrogen and oxygen atoms in total. The fraction of sp³-hybridized carbons (Fsp3) is 0.133. The Morgan fingerprint density at radius 2 is 2.00 bits per heavy atom. The van der Waals surface area contributed by atoms with E-state index in [-0.39, 0.29) is 6.61 Å². The first kappa shape index (κ1) is 14.5. The Morgan fingerprint density at radius 1 is 1.19 bits per heavy atom. The quantitative estimate of drug-likeness (QED) is 0.842. The number of ether oxygens (including phenoxy) is 2. The van der Waals surface area contributed by atoms with E-state index >= 15 is 0 Å². The van der Waals surface area contributed by atoms with Gasteiger partial charge in [0.1, 0.15) is 12.4 Å². The lowest BCUT2D eigenvalue weighted by Gasteiger charge is -2.07. The third-order valence-electron chi connectivity index (χ3n) is 2.75. The van der Waals surface area contributed by atoms with Crippen LogP contribution in [0.15, 0.2) is 42.6 Å². The third kappa shape index (κ3) is 3.79. The fourth-order valence-electron chi connectivity index (χ4n) is 1.64. The van der Waals surface area contributed by atoms with E-state index in [4.69, 9.17) is 10.5 Å². The number of carbonyl (C=O) groups excluding carboxylic acids is 2. The number of amides is 1. The largest absolute Gasteiger partial charge is 0.487 e. The summed E-state index contributed by atoms with van der Waals surface area (Å²) in [6.07, 6.45) is 1.42. The van der Waals surface area contributed by atoms with Crippen molar-refractivity contribution in [3.8, 4) is 5.75 Å². The second-order valence-electron chi connectivity index (χ2n) is 4.21. The first-order valence-corrected chi connectivity index (χ1v) is 6.16. The number of rotatable bonds is 5. The smallest absolute Gasteiger partial charge is 0.339 e. The average Bonchev–Trinajstić information content (AvgIpc) is 2.53. The zero-order valence-electron chi connectivity index (χ0n) is 11.4. The number of esters is 1. The number of pyridine rings is 1. The van der Waals surface area contributed by atoms with Gasteiger partial charge in [0.25, 0.3) is 0 Å². The summed E-state index contributed by atoms with van der Waals surface area (Å²) in [5.41, 5.74) is 6.59. The summed E-state index contributed by atoms with van der Waals surface area (Å²) < 4.78 is 10.1. The number of hydrogen-bond acceptors (Lipinski definition) is 5. The highest BCUT2D eigenvalue weighted by atomic mass is 16.5. The molecule has 0 saturated carbocycles. The molecular formula is C15H14N2O4. The van der Waals surface area contributed by atoms with Crippen LogP contribution in [-0.2, 0) is 11.3 Å². The zero-order chi connectivity index (χ0) is 15.2. The molecule has 1 aromatic carbocycles. The molecule has 6 heteroatoms. The second-order valence-corrected chi connectivity index (χ2v) is 4.21. The van der Waals surface area contributed by atoms with E-state index in [1.165, 1.54) is 13.3 Å². The maximum Gasteiger partial charge on any atom is 0.339 e. The molecule has 0 aliphatic carbocycles. The van der Waals surface area contributed by atoms with Crippen LogP contribution in [0, 0.1) is 0 Å². The molecule has 1 aromatic heterocycles. The van der Waals surface area contributed by atoms with Gasteiger partial charge in [0, 0.05) is 11.8 Å². The van der Waals surface area contributed by atoms with Crippen molar-refractivity contribution in [1.29, 1.82) is 0 Å². The van der Waals surface area contributed by atoms with Crippen LogP contribution in [0.5, 0.6) is 5.75 Å². The lowest BCUT2D eigenvalue weighted by molar-refractivity contribution is 0.0600. The Morgan fingerprint density at radius 3 is 2.62 bits per heavy atom. The first-order chi connectivity index (χ1) is 10.1. The molecule has 0 aliphatic rings. The Hall–Kier alpha value is -2.89. The third-order valence-corrected chi connectivity index (χ3v) is 2.75. The summed E-state index contributed by atoms with van der Waals surface area (Å²) in [6.45, 7) is 0.212. The van der Waals surface area contributed by atoms with Crippen LogP contribution in [0.4, 0.5) is 0 Å². The fourth-order valence-corrected chi connectivity index (χ4v) is 1.64. The van der Waals surface area contributed by atoms with Crippen LogP contribution in [0.3, 0.4) is 0 Å². The molecule has 2 rings (SSSR count). The van der Waals surface area contributed by atoms with Crippen LogP contribution in [0.2, 0.25) is 0 Å². The molecule has 0 atom stereocenters. The Kier molecular flexibility index (Phi) is 4.50. The lowest BCUT2D eigenvalue weighted by atomic mass is 10.2. The molecule has 1 amide bonds. The number of hydrogen-bond donors (Lipinski definition) is 1. The minimum Gasteiger partial charge on any atom is -0.487 e. The van der Waals surface area contributed by atoms with Crippen LogP contribution in [0.25, 0.3) is 0 Å². The number of benzene rings is 1. The predicted molar refractivity (Wildman–Crippen MR) is 74.9 cm³/mol. The van der Waals surface area contributed by atoms with Gasteiger partial charge in [-0.05, 0) is 30.3 Å². The van der Waals surface area contributed by atoms with Crippen LogP contribution in [0.1, 0.15) is 26.4 Å². The molecule has 2 N–H and O–H groups in total. The van der Waals surface area contributed by atoms with Gasteiger partial charge in [-0.3, -0.25) is 9.78 Å². The van der Waals surface area contributed by atoms with E-state index in [1.54, 1.807) is 36.4 Å². The normalized spacial score (nSPS) is 9.95. The van der Waals surface area contributed by atoms with Crippen molar-refractivity contribution in [2.75, 3.05) is 7.11 Å². The van der Waals surface area contributed by atoms with Crippen molar-refractivity contribution < 1.29 is 19.1 Å². The van der Waals surface area contributed by atoms with Gasteiger partial charge >= 0.3 is 5.97 Å². The SMILES string of the molecule is COC(=O)c1ccc(COc2cccc(C(N)=O)c2)nc1. The number of carbonyl (C=O) groups is 2. The maximum atomic E-state index is 11.3. The summed E-state index contributed by atoms with van der Waals surface area (Å²) in [6, 6.07) is 9.85. The van der Waals surface area contributed by atoms with E-state index in [0.717, 1.165) is 0 Å². The van der Waals surface area contributed by atoms with Crippen molar-refractivity contribution in [3.05, 3.63) is 59.4 Å². The molecule has 0 saturated heterocycles. The molecule has 0 radical (unpaired) electrons. The van der Waals surface area contributed by atoms with Crippen molar-refractivity contribution in [1.82, 2.24) is 4.98 Å². The molecule has 0 aliphatic heterocycles. The predicted octanol–water partition coefficient (Wildman–Crippen LogP) is 1.55. The summed E-state index contributed by atoms with van der Waals surface area (Å²) >= 11 is 0. The maximum absolute atomic E-state index is 11.3. The highest BCUT2D eigenvalue weighted by molar-refractivity contribution is 5.93. The summed E-state index contributed by atoms with van der Waals surface area (Å²) in [5, 5.41) is 0. The van der Waals surface area contributed by atoms with Crippen LogP contribution in [-0.4, -0.2) is 24.0 Å². The van der Waals surface area contributed by atoms with Crippen molar-refractivity contribution >= 4 is 11.9 Å². The molecule has 1 heterocycles. The molecule has 0 unspecified atom stereocenters. The number of nitrogens with zero attached hydrogens (tertiary/aromatic N) is 1. The van der Waals surface area contributed by atoms with Crippen molar-refractivity contribution in [2.45, 2.75) is 6.61 Å². The summed E-state index contributed by atoms with van der Waals surface area (Å²) in [5.74, 6) is -0.435. The van der Waals surface area contributed by atoms with Gasteiger partial charge in [-0.25, -0.2) is 4.79 Å². The van der Waals surface area contributed by atoms with E-state index in [2.05, 4.69) is 9.72 Å². The average molecular weight is 286 g/mol. The van der Waals surface area contributed by atoms with E-state index < -0.39 is 11.9 Å². The highest BCUT2D eigenvalue weighted by Crippen LogP contribution is 2.14. The number of aromatic nitrogens is 1. The monoisotopic (exact) mass is 286 g/mol. The minimum absolute atomic E-state index is 0.212. The Bertz CT molecular complexity index is 653. The molecule has 2 aromatic rings. The van der Waals surface area contributed by atoms with Gasteiger partial charge in [0.05, 0.1) is 18.4 Å². The van der Waals surface area contributed by atoms with E-state index in [9.17, 15) is 9.59 Å². The second kappa shape index (κ2) is 6.51. The summed E-state index contributed by atoms with van der Waals surface area (Å²) in [4.78, 5) is 26.4. The minimum atomic E-state index is -0.513. The lowest BCUT2D eigenvalue weighted by Crippen LogP contribution is -2.10. The highest BCUT2D eigenvalue weighted by Gasteiger charge is 2.06. The van der Waals surface area contributed by atoms with Crippen LogP contribution >= 0.6 is 0 Å². The topological polar surface area (TPSA) is 91.5 Å².